The Balaban J connectivity index is 1.13. The number of anilines is 3. The maximum absolute atomic E-state index is 2.58. The summed E-state index contributed by atoms with van der Waals surface area (Å²) in [5.74, 6) is 0.417. The lowest BCUT2D eigenvalue weighted by Gasteiger charge is -2.38. The molecular weight excluding hydrogens is 687 g/mol. The van der Waals surface area contributed by atoms with Crippen molar-refractivity contribution in [1.82, 2.24) is 0 Å². The molecule has 274 valence electrons. The number of fused-ring (bicyclic) bond motifs is 14. The number of rotatable bonds is 4. The molecule has 7 aromatic carbocycles. The van der Waals surface area contributed by atoms with E-state index in [1.807, 2.05) is 0 Å². The first-order chi connectivity index (χ1) is 28.2. The molecule has 5 aliphatic carbocycles. The van der Waals surface area contributed by atoms with Crippen LogP contribution in [0.4, 0.5) is 17.1 Å². The third kappa shape index (κ3) is 4.46. The van der Waals surface area contributed by atoms with Crippen molar-refractivity contribution in [2.24, 2.45) is 5.92 Å². The normalized spacial score (nSPS) is 20.2. The van der Waals surface area contributed by atoms with E-state index >= 15 is 0 Å². The molecule has 0 saturated heterocycles. The lowest BCUT2D eigenvalue weighted by molar-refractivity contribution is 0.353. The largest absolute Gasteiger partial charge is 0.310 e. The van der Waals surface area contributed by atoms with Gasteiger partial charge in [0, 0.05) is 22.4 Å². The van der Waals surface area contributed by atoms with Crippen molar-refractivity contribution >= 4 is 22.6 Å². The van der Waals surface area contributed by atoms with Crippen molar-refractivity contribution in [2.75, 3.05) is 4.90 Å². The minimum absolute atomic E-state index is 0.0650. The molecule has 12 rings (SSSR count). The molecule has 0 aliphatic heterocycles. The van der Waals surface area contributed by atoms with Crippen molar-refractivity contribution in [2.45, 2.75) is 56.3 Å². The van der Waals surface area contributed by atoms with Crippen LogP contribution in [0.5, 0.6) is 0 Å². The number of hydrogen-bond donors (Lipinski definition) is 0. The Kier molecular flexibility index (Phi) is 7.19. The molecule has 2 spiro atoms. The Labute approximate surface area is 336 Å². The van der Waals surface area contributed by atoms with E-state index in [0.717, 1.165) is 6.42 Å². The van der Waals surface area contributed by atoms with Crippen LogP contribution < -0.4 is 4.90 Å². The molecule has 2 unspecified atom stereocenters. The first kappa shape index (κ1) is 33.0. The van der Waals surface area contributed by atoms with Gasteiger partial charge in [-0.3, -0.25) is 0 Å². The minimum atomic E-state index is -0.353. The van der Waals surface area contributed by atoms with Crippen LogP contribution in [0.15, 0.2) is 182 Å². The van der Waals surface area contributed by atoms with Crippen LogP contribution in [-0.2, 0) is 10.8 Å². The second kappa shape index (κ2) is 12.4. The van der Waals surface area contributed by atoms with Gasteiger partial charge in [0.2, 0.25) is 0 Å². The van der Waals surface area contributed by atoms with Crippen LogP contribution in [0, 0.1) is 5.92 Å². The molecule has 1 nitrogen and oxygen atoms in total. The Morgan fingerprint density at radius 3 is 1.75 bits per heavy atom. The van der Waals surface area contributed by atoms with Crippen LogP contribution in [-0.4, -0.2) is 0 Å². The minimum Gasteiger partial charge on any atom is -0.310 e. The number of allylic oxidation sites excluding steroid dienone is 4. The number of nitrogens with zero attached hydrogens (tertiary/aromatic N) is 1. The van der Waals surface area contributed by atoms with Crippen molar-refractivity contribution in [1.29, 1.82) is 0 Å². The molecule has 0 aromatic heterocycles. The zero-order chi connectivity index (χ0) is 37.7. The van der Waals surface area contributed by atoms with Gasteiger partial charge in [0.15, 0.2) is 0 Å². The zero-order valence-electron chi connectivity index (χ0n) is 32.5. The fourth-order valence-electron chi connectivity index (χ4n) is 12.1. The molecule has 57 heavy (non-hydrogen) atoms. The zero-order valence-corrected chi connectivity index (χ0v) is 32.5. The summed E-state index contributed by atoms with van der Waals surface area (Å²) in [6.45, 7) is 2.45. The molecule has 7 aromatic rings. The van der Waals surface area contributed by atoms with E-state index in [1.54, 1.807) is 5.57 Å². The summed E-state index contributed by atoms with van der Waals surface area (Å²) < 4.78 is 0. The number of benzene rings is 7. The van der Waals surface area contributed by atoms with Gasteiger partial charge in [-0.2, -0.15) is 0 Å². The standard InChI is InChI=1S/C56H45N/c1-37-17-16-24-47-44-23-8-12-27-50(44)56(54(37)47)49-26-11-7-22-43(49)46-32-30-40(36-52(46)56)57(53-28-13-9-20-41(53)38-18-4-2-5-19-38)39-29-31-45-42-21-6-10-25-48(42)55(51(45)35-39)33-14-3-15-34-55/h2,4-13,16,18-32,35-37H,3,14-15,17,33-34H2,1H3. The summed E-state index contributed by atoms with van der Waals surface area (Å²) in [6, 6.07) is 62.6. The van der Waals surface area contributed by atoms with Gasteiger partial charge in [-0.15, -0.1) is 0 Å². The average Bonchev–Trinajstić information content (AvgIpc) is 3.84. The monoisotopic (exact) mass is 731 g/mol. The van der Waals surface area contributed by atoms with E-state index < -0.39 is 0 Å². The summed E-state index contributed by atoms with van der Waals surface area (Å²) in [5.41, 5.74) is 23.0. The molecule has 0 amide bonds. The quantitative estimate of drug-likeness (QED) is 0.174. The SMILES string of the molecule is CC1CC=CC2=C1C1(c3ccccc32)c2ccccc2-c2ccc(N(c3ccc4c(c3)C3(CCCCC3)c3ccccc3-4)c3ccccc3-c3ccccc3)cc21. The van der Waals surface area contributed by atoms with Crippen LogP contribution in [0.1, 0.15) is 78.8 Å². The molecule has 0 heterocycles. The predicted molar refractivity (Wildman–Crippen MR) is 237 cm³/mol. The second-order valence-corrected chi connectivity index (χ2v) is 17.1. The summed E-state index contributed by atoms with van der Waals surface area (Å²) in [4.78, 5) is 2.58. The topological polar surface area (TPSA) is 3.24 Å². The molecule has 1 heteroatoms. The van der Waals surface area contributed by atoms with E-state index in [1.165, 1.54) is 122 Å². The smallest absolute Gasteiger partial charge is 0.0691 e. The van der Waals surface area contributed by atoms with Gasteiger partial charge in [0.25, 0.3) is 0 Å². The number of para-hydroxylation sites is 1. The van der Waals surface area contributed by atoms with Crippen molar-refractivity contribution < 1.29 is 0 Å². The van der Waals surface area contributed by atoms with Crippen molar-refractivity contribution in [3.05, 3.63) is 215 Å². The Hall–Kier alpha value is -6.18. The molecule has 1 saturated carbocycles. The highest BCUT2D eigenvalue weighted by Gasteiger charge is 2.54. The Bertz CT molecular complexity index is 2830. The van der Waals surface area contributed by atoms with Crippen molar-refractivity contribution in [3.8, 4) is 33.4 Å². The highest BCUT2D eigenvalue weighted by molar-refractivity contribution is 5.99. The van der Waals surface area contributed by atoms with Crippen LogP contribution >= 0.6 is 0 Å². The molecule has 0 bridgehead atoms. The first-order valence-corrected chi connectivity index (χ1v) is 21.1. The fourth-order valence-corrected chi connectivity index (χ4v) is 12.1. The van der Waals surface area contributed by atoms with Gasteiger partial charge >= 0.3 is 0 Å². The highest BCUT2D eigenvalue weighted by Crippen LogP contribution is 2.65. The van der Waals surface area contributed by atoms with E-state index in [-0.39, 0.29) is 10.8 Å². The Morgan fingerprint density at radius 2 is 1.02 bits per heavy atom. The average molecular weight is 732 g/mol. The third-order valence-electron chi connectivity index (χ3n) is 14.3. The van der Waals surface area contributed by atoms with Gasteiger partial charge in [-0.1, -0.05) is 172 Å². The molecule has 0 radical (unpaired) electrons. The first-order valence-electron chi connectivity index (χ1n) is 21.1. The maximum Gasteiger partial charge on any atom is 0.0691 e. The van der Waals surface area contributed by atoms with Gasteiger partial charge < -0.3 is 4.90 Å². The molecule has 0 N–H and O–H groups in total. The van der Waals surface area contributed by atoms with Crippen LogP contribution in [0.25, 0.3) is 39.0 Å². The van der Waals surface area contributed by atoms with Gasteiger partial charge in [0.05, 0.1) is 11.1 Å². The van der Waals surface area contributed by atoms with E-state index in [4.69, 9.17) is 0 Å². The van der Waals surface area contributed by atoms with Gasteiger partial charge in [-0.25, -0.2) is 0 Å². The maximum atomic E-state index is 2.58. The summed E-state index contributed by atoms with van der Waals surface area (Å²) in [5, 5.41) is 0. The molecular formula is C56H45N. The van der Waals surface area contributed by atoms with E-state index in [2.05, 4.69) is 188 Å². The molecule has 2 atom stereocenters. The van der Waals surface area contributed by atoms with E-state index in [9.17, 15) is 0 Å². The van der Waals surface area contributed by atoms with Crippen LogP contribution in [0.3, 0.4) is 0 Å². The molecule has 5 aliphatic rings. The lowest BCUT2D eigenvalue weighted by atomic mass is 9.65. The second-order valence-electron chi connectivity index (χ2n) is 17.1. The predicted octanol–water partition coefficient (Wildman–Crippen LogP) is 14.7. The highest BCUT2D eigenvalue weighted by atomic mass is 15.1. The van der Waals surface area contributed by atoms with E-state index in [0.29, 0.717) is 5.92 Å². The lowest BCUT2D eigenvalue weighted by Crippen LogP contribution is -2.31. The number of hydrogen-bond acceptors (Lipinski definition) is 1. The fraction of sp³-hybridized carbons (Fsp3) is 0.179. The summed E-state index contributed by atoms with van der Waals surface area (Å²) in [7, 11) is 0. The van der Waals surface area contributed by atoms with Crippen molar-refractivity contribution in [3.63, 3.8) is 0 Å². The van der Waals surface area contributed by atoms with Gasteiger partial charge in [0.1, 0.15) is 0 Å². The Morgan fingerprint density at radius 1 is 0.474 bits per heavy atom. The van der Waals surface area contributed by atoms with Gasteiger partial charge in [-0.05, 0) is 128 Å². The summed E-state index contributed by atoms with van der Waals surface area (Å²) >= 11 is 0. The summed E-state index contributed by atoms with van der Waals surface area (Å²) in [6.07, 6.45) is 12.2. The molecule has 1 fully saturated rings. The van der Waals surface area contributed by atoms with Crippen LogP contribution in [0.2, 0.25) is 0 Å². The third-order valence-corrected chi connectivity index (χ3v) is 14.3.